The SMILES string of the molecule is N#Cc1cccc(Cl)c1-n1cncn1. The molecule has 0 atom stereocenters. The van der Waals surface area contributed by atoms with Gasteiger partial charge in [-0.3, -0.25) is 0 Å². The summed E-state index contributed by atoms with van der Waals surface area (Å²) in [7, 11) is 0. The van der Waals surface area contributed by atoms with E-state index in [1.54, 1.807) is 18.2 Å². The van der Waals surface area contributed by atoms with Crippen LogP contribution >= 0.6 is 11.6 Å². The van der Waals surface area contributed by atoms with Gasteiger partial charge >= 0.3 is 0 Å². The first kappa shape index (κ1) is 8.73. The first-order valence-electron chi connectivity index (χ1n) is 3.86. The van der Waals surface area contributed by atoms with Crippen molar-refractivity contribution in [2.75, 3.05) is 0 Å². The Hall–Kier alpha value is -1.86. The summed E-state index contributed by atoms with van der Waals surface area (Å²) in [5, 5.41) is 13.3. The molecule has 0 unspecified atom stereocenters. The molecule has 0 aliphatic rings. The Kier molecular flexibility index (Phi) is 2.17. The lowest BCUT2D eigenvalue weighted by Crippen LogP contribution is -1.98. The minimum absolute atomic E-state index is 0.475. The van der Waals surface area contributed by atoms with Gasteiger partial charge in [-0.2, -0.15) is 10.4 Å². The van der Waals surface area contributed by atoms with Crippen LogP contribution in [0.2, 0.25) is 5.02 Å². The Morgan fingerprint density at radius 1 is 1.43 bits per heavy atom. The van der Waals surface area contributed by atoms with E-state index in [1.165, 1.54) is 17.3 Å². The third-order valence-corrected chi connectivity index (χ3v) is 2.06. The Labute approximate surface area is 85.4 Å². The van der Waals surface area contributed by atoms with Gasteiger partial charge in [0.1, 0.15) is 24.4 Å². The van der Waals surface area contributed by atoms with Crippen molar-refractivity contribution in [2.24, 2.45) is 0 Å². The maximum absolute atomic E-state index is 8.87. The maximum Gasteiger partial charge on any atom is 0.138 e. The van der Waals surface area contributed by atoms with Crippen LogP contribution in [0, 0.1) is 11.3 Å². The molecule has 1 aromatic heterocycles. The first-order valence-corrected chi connectivity index (χ1v) is 4.24. The molecule has 4 nitrogen and oxygen atoms in total. The Morgan fingerprint density at radius 2 is 2.29 bits per heavy atom. The number of halogens is 1. The van der Waals surface area contributed by atoms with Crippen LogP contribution in [0.5, 0.6) is 0 Å². The molecule has 0 radical (unpaired) electrons. The third-order valence-electron chi connectivity index (χ3n) is 1.76. The van der Waals surface area contributed by atoms with Gasteiger partial charge in [0.05, 0.1) is 10.6 Å². The van der Waals surface area contributed by atoms with Crippen molar-refractivity contribution in [2.45, 2.75) is 0 Å². The van der Waals surface area contributed by atoms with E-state index in [1.807, 2.05) is 0 Å². The minimum Gasteiger partial charge on any atom is -0.223 e. The molecule has 0 saturated heterocycles. The topological polar surface area (TPSA) is 54.5 Å². The highest BCUT2D eigenvalue weighted by Gasteiger charge is 2.08. The molecule has 0 spiro atoms. The van der Waals surface area contributed by atoms with Crippen LogP contribution in [-0.4, -0.2) is 14.8 Å². The molecule has 2 rings (SSSR count). The zero-order valence-corrected chi connectivity index (χ0v) is 7.81. The molecule has 0 fully saturated rings. The lowest BCUT2D eigenvalue weighted by atomic mass is 10.2. The number of rotatable bonds is 1. The normalized spacial score (nSPS) is 9.71. The van der Waals surface area contributed by atoms with Gasteiger partial charge in [-0.1, -0.05) is 17.7 Å². The zero-order chi connectivity index (χ0) is 9.97. The number of hydrogen-bond donors (Lipinski definition) is 0. The van der Waals surface area contributed by atoms with Crippen molar-refractivity contribution in [3.63, 3.8) is 0 Å². The van der Waals surface area contributed by atoms with E-state index >= 15 is 0 Å². The molecule has 68 valence electrons. The van der Waals surface area contributed by atoms with Crippen LogP contribution < -0.4 is 0 Å². The fourth-order valence-corrected chi connectivity index (χ4v) is 1.42. The monoisotopic (exact) mass is 204 g/mol. The summed E-state index contributed by atoms with van der Waals surface area (Å²) in [4.78, 5) is 3.80. The summed E-state index contributed by atoms with van der Waals surface area (Å²) in [5.41, 5.74) is 1.04. The number of nitriles is 1. The predicted molar refractivity (Wildman–Crippen MR) is 51.1 cm³/mol. The first-order chi connectivity index (χ1) is 6.83. The van der Waals surface area contributed by atoms with E-state index in [9.17, 15) is 0 Å². The lowest BCUT2D eigenvalue weighted by Gasteiger charge is -2.04. The van der Waals surface area contributed by atoms with Crippen LogP contribution in [0.3, 0.4) is 0 Å². The van der Waals surface area contributed by atoms with Crippen molar-refractivity contribution in [3.05, 3.63) is 41.4 Å². The highest BCUT2D eigenvalue weighted by Crippen LogP contribution is 2.22. The molecule has 0 aliphatic carbocycles. The number of para-hydroxylation sites is 1. The summed E-state index contributed by atoms with van der Waals surface area (Å²) in [6, 6.07) is 7.17. The number of hydrogen-bond acceptors (Lipinski definition) is 3. The average Bonchev–Trinajstić information content (AvgIpc) is 2.70. The fourth-order valence-electron chi connectivity index (χ4n) is 1.16. The van der Waals surface area contributed by atoms with Gasteiger partial charge in [0.15, 0.2) is 0 Å². The highest BCUT2D eigenvalue weighted by molar-refractivity contribution is 6.32. The molecule has 5 heteroatoms. The molecule has 0 N–H and O–H groups in total. The van der Waals surface area contributed by atoms with Gasteiger partial charge < -0.3 is 0 Å². The molecule has 1 heterocycles. The molecule has 0 aliphatic heterocycles. The smallest absolute Gasteiger partial charge is 0.138 e. The molecular weight excluding hydrogens is 200 g/mol. The zero-order valence-electron chi connectivity index (χ0n) is 7.05. The maximum atomic E-state index is 8.87. The van der Waals surface area contributed by atoms with E-state index in [0.717, 1.165) is 0 Å². The summed E-state index contributed by atoms with van der Waals surface area (Å²) in [6.45, 7) is 0. The van der Waals surface area contributed by atoms with Gasteiger partial charge in [0, 0.05) is 0 Å². The molecule has 0 amide bonds. The summed E-state index contributed by atoms with van der Waals surface area (Å²) >= 11 is 5.96. The van der Waals surface area contributed by atoms with Gasteiger partial charge in [-0.05, 0) is 12.1 Å². The Bertz CT molecular complexity index is 484. The second-order valence-electron chi connectivity index (χ2n) is 2.59. The quantitative estimate of drug-likeness (QED) is 0.712. The van der Waals surface area contributed by atoms with E-state index in [0.29, 0.717) is 16.3 Å². The summed E-state index contributed by atoms with van der Waals surface area (Å²) in [5.74, 6) is 0. The lowest BCUT2D eigenvalue weighted by molar-refractivity contribution is 0.876. The van der Waals surface area contributed by atoms with Crippen LogP contribution in [-0.2, 0) is 0 Å². The number of benzene rings is 1. The number of aromatic nitrogens is 3. The van der Waals surface area contributed by atoms with Crippen molar-refractivity contribution in [1.82, 2.24) is 14.8 Å². The van der Waals surface area contributed by atoms with Crippen LogP contribution in [0.1, 0.15) is 5.56 Å². The van der Waals surface area contributed by atoms with Gasteiger partial charge in [-0.25, -0.2) is 9.67 Å². The van der Waals surface area contributed by atoms with E-state index < -0.39 is 0 Å². The minimum atomic E-state index is 0.475. The summed E-state index contributed by atoms with van der Waals surface area (Å²) in [6.07, 6.45) is 2.90. The van der Waals surface area contributed by atoms with E-state index in [4.69, 9.17) is 16.9 Å². The second kappa shape index (κ2) is 3.48. The number of nitrogens with zero attached hydrogens (tertiary/aromatic N) is 4. The fraction of sp³-hybridized carbons (Fsp3) is 0. The van der Waals surface area contributed by atoms with Crippen molar-refractivity contribution >= 4 is 11.6 Å². The predicted octanol–water partition coefficient (Wildman–Crippen LogP) is 1.79. The summed E-state index contributed by atoms with van der Waals surface area (Å²) < 4.78 is 1.47. The average molecular weight is 205 g/mol. The van der Waals surface area contributed by atoms with E-state index in [-0.39, 0.29) is 0 Å². The van der Waals surface area contributed by atoms with Crippen LogP contribution in [0.4, 0.5) is 0 Å². The van der Waals surface area contributed by atoms with Crippen molar-refractivity contribution in [1.29, 1.82) is 5.26 Å². The van der Waals surface area contributed by atoms with Gasteiger partial charge in [0.2, 0.25) is 0 Å². The molecule has 1 aromatic carbocycles. The van der Waals surface area contributed by atoms with Crippen molar-refractivity contribution < 1.29 is 0 Å². The van der Waals surface area contributed by atoms with E-state index in [2.05, 4.69) is 16.2 Å². The molecule has 0 saturated carbocycles. The van der Waals surface area contributed by atoms with Gasteiger partial charge in [-0.15, -0.1) is 0 Å². The standard InChI is InChI=1S/C9H5ClN4/c10-8-3-1-2-7(4-11)9(8)14-6-12-5-13-14/h1-3,5-6H. The highest BCUT2D eigenvalue weighted by atomic mass is 35.5. The van der Waals surface area contributed by atoms with Crippen molar-refractivity contribution in [3.8, 4) is 11.8 Å². The third kappa shape index (κ3) is 1.34. The molecule has 14 heavy (non-hydrogen) atoms. The van der Waals surface area contributed by atoms with Crippen LogP contribution in [0.15, 0.2) is 30.9 Å². The molecule has 0 bridgehead atoms. The van der Waals surface area contributed by atoms with Gasteiger partial charge in [0.25, 0.3) is 0 Å². The second-order valence-corrected chi connectivity index (χ2v) is 3.00. The van der Waals surface area contributed by atoms with Crippen LogP contribution in [0.25, 0.3) is 5.69 Å². The largest absolute Gasteiger partial charge is 0.223 e. The Balaban J connectivity index is 2.69. The molecular formula is C9H5ClN4. The molecule has 2 aromatic rings. The Morgan fingerprint density at radius 3 is 2.93 bits per heavy atom.